The quantitative estimate of drug-likeness (QED) is 0.902. The Kier molecular flexibility index (Phi) is 4.75. The number of anilines is 1. The molecule has 1 atom stereocenters. The molecule has 1 aromatic carbocycles. The lowest BCUT2D eigenvalue weighted by Gasteiger charge is -2.35. The van der Waals surface area contributed by atoms with Crippen LogP contribution in [0.4, 0.5) is 14.5 Å². The molecule has 1 saturated heterocycles. The summed E-state index contributed by atoms with van der Waals surface area (Å²) in [7, 11) is 0. The van der Waals surface area contributed by atoms with Crippen molar-refractivity contribution < 1.29 is 8.78 Å². The SMILES string of the molecule is CC(C)CNC1CCCN(c2cccc(F)c2F)C1. The molecule has 106 valence electrons. The topological polar surface area (TPSA) is 15.3 Å². The summed E-state index contributed by atoms with van der Waals surface area (Å²) >= 11 is 0. The molecule has 1 fully saturated rings. The molecular formula is C15H22F2N2. The molecule has 0 bridgehead atoms. The van der Waals surface area contributed by atoms with Crippen LogP contribution in [0.2, 0.25) is 0 Å². The maximum Gasteiger partial charge on any atom is 0.182 e. The molecule has 0 aliphatic carbocycles. The average molecular weight is 268 g/mol. The number of benzene rings is 1. The minimum absolute atomic E-state index is 0.360. The van der Waals surface area contributed by atoms with Gasteiger partial charge in [0.2, 0.25) is 0 Å². The van der Waals surface area contributed by atoms with Gasteiger partial charge in [-0.3, -0.25) is 0 Å². The van der Waals surface area contributed by atoms with E-state index in [1.165, 1.54) is 0 Å². The van der Waals surface area contributed by atoms with Crippen LogP contribution in [0.15, 0.2) is 18.2 Å². The van der Waals surface area contributed by atoms with Gasteiger partial charge in [0.1, 0.15) is 0 Å². The molecule has 2 rings (SSSR count). The first-order valence-corrected chi connectivity index (χ1v) is 7.00. The lowest BCUT2D eigenvalue weighted by molar-refractivity contribution is 0.396. The van der Waals surface area contributed by atoms with Gasteiger partial charge in [-0.25, -0.2) is 8.78 Å². The molecule has 1 aliphatic heterocycles. The van der Waals surface area contributed by atoms with Crippen LogP contribution in [0.3, 0.4) is 0 Å². The van der Waals surface area contributed by atoms with E-state index in [4.69, 9.17) is 0 Å². The maximum atomic E-state index is 13.8. The largest absolute Gasteiger partial charge is 0.368 e. The Morgan fingerprint density at radius 3 is 2.89 bits per heavy atom. The predicted molar refractivity (Wildman–Crippen MR) is 74.4 cm³/mol. The highest BCUT2D eigenvalue weighted by Gasteiger charge is 2.22. The second-order valence-corrected chi connectivity index (χ2v) is 5.66. The number of hydrogen-bond donors (Lipinski definition) is 1. The Morgan fingerprint density at radius 1 is 1.37 bits per heavy atom. The molecule has 2 nitrogen and oxygen atoms in total. The summed E-state index contributed by atoms with van der Waals surface area (Å²) < 4.78 is 27.1. The number of rotatable bonds is 4. The van der Waals surface area contributed by atoms with E-state index in [-0.39, 0.29) is 0 Å². The summed E-state index contributed by atoms with van der Waals surface area (Å²) in [5.74, 6) is -0.900. The Hall–Kier alpha value is -1.16. The number of nitrogens with zero attached hydrogens (tertiary/aromatic N) is 1. The van der Waals surface area contributed by atoms with Crippen LogP contribution in [0, 0.1) is 17.6 Å². The normalized spacial score (nSPS) is 20.1. The number of halogens is 2. The zero-order chi connectivity index (χ0) is 13.8. The lowest BCUT2D eigenvalue weighted by atomic mass is 10.0. The summed E-state index contributed by atoms with van der Waals surface area (Å²) in [5.41, 5.74) is 0.385. The van der Waals surface area contributed by atoms with Crippen LogP contribution < -0.4 is 10.2 Å². The third kappa shape index (κ3) is 3.66. The van der Waals surface area contributed by atoms with Crippen LogP contribution in [0.1, 0.15) is 26.7 Å². The summed E-state index contributed by atoms with van der Waals surface area (Å²) in [5, 5.41) is 3.50. The van der Waals surface area contributed by atoms with Gasteiger partial charge in [-0.2, -0.15) is 0 Å². The fourth-order valence-corrected chi connectivity index (χ4v) is 2.50. The first-order chi connectivity index (χ1) is 9.08. The van der Waals surface area contributed by atoms with Crippen LogP contribution in [-0.2, 0) is 0 Å². The van der Waals surface area contributed by atoms with Gasteiger partial charge in [0.05, 0.1) is 5.69 Å². The maximum absolute atomic E-state index is 13.8. The minimum atomic E-state index is -0.769. The van der Waals surface area contributed by atoms with Crippen molar-refractivity contribution in [2.24, 2.45) is 5.92 Å². The van der Waals surface area contributed by atoms with Crippen LogP contribution >= 0.6 is 0 Å². The van der Waals surface area contributed by atoms with E-state index < -0.39 is 11.6 Å². The summed E-state index contributed by atoms with van der Waals surface area (Å²) in [4.78, 5) is 1.94. The third-order valence-electron chi connectivity index (χ3n) is 3.51. The van der Waals surface area contributed by atoms with E-state index in [0.717, 1.165) is 38.5 Å². The molecule has 0 radical (unpaired) electrons. The Bertz CT molecular complexity index is 421. The molecule has 1 aliphatic rings. The van der Waals surface area contributed by atoms with Gasteiger partial charge in [-0.05, 0) is 37.4 Å². The molecule has 1 heterocycles. The zero-order valence-corrected chi connectivity index (χ0v) is 11.6. The second-order valence-electron chi connectivity index (χ2n) is 5.66. The molecule has 1 unspecified atom stereocenters. The zero-order valence-electron chi connectivity index (χ0n) is 11.6. The minimum Gasteiger partial charge on any atom is -0.368 e. The highest BCUT2D eigenvalue weighted by atomic mass is 19.2. The van der Waals surface area contributed by atoms with Gasteiger partial charge in [-0.15, -0.1) is 0 Å². The van der Waals surface area contributed by atoms with E-state index in [2.05, 4.69) is 19.2 Å². The van der Waals surface area contributed by atoms with E-state index in [1.807, 2.05) is 4.90 Å². The standard InChI is InChI=1S/C15H22F2N2/c1-11(2)9-18-12-5-4-8-19(10-12)14-7-3-6-13(16)15(14)17/h3,6-7,11-12,18H,4-5,8-10H2,1-2H3. The van der Waals surface area contributed by atoms with Crippen molar-refractivity contribution >= 4 is 5.69 Å². The van der Waals surface area contributed by atoms with Gasteiger partial charge in [0.25, 0.3) is 0 Å². The molecule has 4 heteroatoms. The Balaban J connectivity index is 2.02. The van der Waals surface area contributed by atoms with Crippen molar-refractivity contribution in [3.05, 3.63) is 29.8 Å². The molecule has 1 N–H and O–H groups in total. The summed E-state index contributed by atoms with van der Waals surface area (Å²) in [6.07, 6.45) is 2.10. The summed E-state index contributed by atoms with van der Waals surface area (Å²) in [6.45, 7) is 6.83. The van der Waals surface area contributed by atoms with Crippen LogP contribution in [0.5, 0.6) is 0 Å². The fraction of sp³-hybridized carbons (Fsp3) is 0.600. The highest BCUT2D eigenvalue weighted by Crippen LogP contribution is 2.24. The first-order valence-electron chi connectivity index (χ1n) is 7.00. The van der Waals surface area contributed by atoms with E-state index >= 15 is 0 Å². The molecule has 0 saturated carbocycles. The van der Waals surface area contributed by atoms with E-state index in [9.17, 15) is 8.78 Å². The van der Waals surface area contributed by atoms with Gasteiger partial charge < -0.3 is 10.2 Å². The predicted octanol–water partition coefficient (Wildman–Crippen LogP) is 3.18. The number of piperidine rings is 1. The van der Waals surface area contributed by atoms with Gasteiger partial charge >= 0.3 is 0 Å². The molecule has 1 aromatic rings. The number of nitrogens with one attached hydrogen (secondary N) is 1. The molecule has 0 aromatic heterocycles. The van der Waals surface area contributed by atoms with Crippen molar-refractivity contribution in [1.29, 1.82) is 0 Å². The molecule has 0 amide bonds. The van der Waals surface area contributed by atoms with Gasteiger partial charge in [0.15, 0.2) is 11.6 Å². The first kappa shape index (κ1) is 14.3. The van der Waals surface area contributed by atoms with Crippen molar-refractivity contribution in [3.8, 4) is 0 Å². The smallest absolute Gasteiger partial charge is 0.182 e. The van der Waals surface area contributed by atoms with Crippen molar-refractivity contribution in [1.82, 2.24) is 5.32 Å². The van der Waals surface area contributed by atoms with Crippen molar-refractivity contribution in [3.63, 3.8) is 0 Å². The Morgan fingerprint density at radius 2 is 2.16 bits per heavy atom. The lowest BCUT2D eigenvalue weighted by Crippen LogP contribution is -2.47. The van der Waals surface area contributed by atoms with Crippen molar-refractivity contribution in [2.75, 3.05) is 24.5 Å². The summed E-state index contributed by atoms with van der Waals surface area (Å²) in [6, 6.07) is 4.75. The molecule has 19 heavy (non-hydrogen) atoms. The Labute approximate surface area is 113 Å². The molecule has 0 spiro atoms. The fourth-order valence-electron chi connectivity index (χ4n) is 2.50. The van der Waals surface area contributed by atoms with E-state index in [0.29, 0.717) is 17.6 Å². The van der Waals surface area contributed by atoms with Crippen LogP contribution in [-0.4, -0.2) is 25.7 Å². The van der Waals surface area contributed by atoms with Gasteiger partial charge in [-0.1, -0.05) is 19.9 Å². The van der Waals surface area contributed by atoms with Crippen LogP contribution in [0.25, 0.3) is 0 Å². The van der Waals surface area contributed by atoms with E-state index in [1.54, 1.807) is 12.1 Å². The van der Waals surface area contributed by atoms with Crippen molar-refractivity contribution in [2.45, 2.75) is 32.7 Å². The second kappa shape index (κ2) is 6.33. The third-order valence-corrected chi connectivity index (χ3v) is 3.51. The highest BCUT2D eigenvalue weighted by molar-refractivity contribution is 5.48. The van der Waals surface area contributed by atoms with Gasteiger partial charge in [0, 0.05) is 19.1 Å². The average Bonchev–Trinajstić information content (AvgIpc) is 2.40. The number of hydrogen-bond acceptors (Lipinski definition) is 2. The molecular weight excluding hydrogens is 246 g/mol. The monoisotopic (exact) mass is 268 g/mol.